The number of likely N-dealkylation sites (tertiary alicyclic amines) is 1. The van der Waals surface area contributed by atoms with Crippen LogP contribution in [0.2, 0.25) is 0 Å². The Bertz CT molecular complexity index is 727. The number of methoxy groups -OCH3 is 1. The first kappa shape index (κ1) is 19.4. The van der Waals surface area contributed by atoms with Crippen LogP contribution in [0.4, 0.5) is 4.39 Å². The van der Waals surface area contributed by atoms with E-state index in [2.05, 4.69) is 9.97 Å². The minimum absolute atomic E-state index is 0.0270. The highest BCUT2D eigenvalue weighted by Crippen LogP contribution is 2.25. The largest absolute Gasteiger partial charge is 0.382 e. The summed E-state index contributed by atoms with van der Waals surface area (Å²) in [5.74, 6) is -0.436. The third kappa shape index (κ3) is 5.30. The molecule has 144 valence electrons. The van der Waals surface area contributed by atoms with Crippen LogP contribution in [-0.2, 0) is 27.1 Å². The van der Waals surface area contributed by atoms with E-state index in [0.717, 1.165) is 18.2 Å². The highest BCUT2D eigenvalue weighted by Gasteiger charge is 2.37. The zero-order chi connectivity index (χ0) is 19.1. The molecule has 1 aliphatic heterocycles. The topological polar surface area (TPSA) is 64.6 Å². The van der Waals surface area contributed by atoms with Gasteiger partial charge < -0.3 is 14.4 Å². The minimum Gasteiger partial charge on any atom is -0.382 e. The molecule has 2 aromatic rings. The van der Waals surface area contributed by atoms with Crippen molar-refractivity contribution in [1.82, 2.24) is 14.9 Å². The van der Waals surface area contributed by atoms with Gasteiger partial charge in [-0.3, -0.25) is 14.8 Å². The van der Waals surface area contributed by atoms with Gasteiger partial charge in [-0.15, -0.1) is 0 Å². The molecule has 27 heavy (non-hydrogen) atoms. The zero-order valence-corrected chi connectivity index (χ0v) is 15.4. The van der Waals surface area contributed by atoms with Crippen molar-refractivity contribution < 1.29 is 18.7 Å². The molecule has 2 aromatic heterocycles. The number of halogens is 1. The molecule has 6 nitrogen and oxygen atoms in total. The van der Waals surface area contributed by atoms with Gasteiger partial charge in [0.05, 0.1) is 38.0 Å². The number of ether oxygens (including phenoxy) is 2. The molecule has 0 spiro atoms. The Kier molecular flexibility index (Phi) is 6.84. The van der Waals surface area contributed by atoms with Crippen LogP contribution in [0.1, 0.15) is 17.7 Å². The van der Waals surface area contributed by atoms with Crippen LogP contribution in [0.15, 0.2) is 42.9 Å². The van der Waals surface area contributed by atoms with E-state index in [9.17, 15) is 9.18 Å². The van der Waals surface area contributed by atoms with Crippen LogP contribution in [0.3, 0.4) is 0 Å². The molecule has 0 bridgehead atoms. The van der Waals surface area contributed by atoms with Gasteiger partial charge in [0, 0.05) is 31.7 Å². The van der Waals surface area contributed by atoms with E-state index in [0.29, 0.717) is 31.9 Å². The Labute approximate surface area is 158 Å². The molecule has 3 rings (SSSR count). The van der Waals surface area contributed by atoms with Crippen molar-refractivity contribution >= 4 is 5.91 Å². The van der Waals surface area contributed by atoms with Crippen molar-refractivity contribution in [3.8, 4) is 0 Å². The molecule has 0 radical (unpaired) electrons. The number of hydrogen-bond donors (Lipinski definition) is 0. The monoisotopic (exact) mass is 373 g/mol. The second-order valence-electron chi connectivity index (χ2n) is 6.56. The molecule has 1 fully saturated rings. The summed E-state index contributed by atoms with van der Waals surface area (Å²) in [7, 11) is 1.64. The van der Waals surface area contributed by atoms with E-state index in [-0.39, 0.29) is 24.5 Å². The number of amides is 1. The summed E-state index contributed by atoms with van der Waals surface area (Å²) in [4.78, 5) is 22.9. The van der Waals surface area contributed by atoms with Crippen molar-refractivity contribution in [2.24, 2.45) is 0 Å². The molecule has 1 amide bonds. The molecular formula is C20H24FN3O3. The lowest BCUT2D eigenvalue weighted by molar-refractivity contribution is -0.132. The van der Waals surface area contributed by atoms with Crippen LogP contribution in [0.5, 0.6) is 0 Å². The normalized spacial score (nSPS) is 19.4. The van der Waals surface area contributed by atoms with Crippen LogP contribution in [0.25, 0.3) is 0 Å². The zero-order valence-electron chi connectivity index (χ0n) is 15.4. The third-order valence-corrected chi connectivity index (χ3v) is 4.71. The summed E-state index contributed by atoms with van der Waals surface area (Å²) in [6.45, 7) is 1.64. The maximum Gasteiger partial charge on any atom is 0.228 e. The predicted molar refractivity (Wildman–Crippen MR) is 97.6 cm³/mol. The Morgan fingerprint density at radius 3 is 2.89 bits per heavy atom. The molecule has 0 unspecified atom stereocenters. The summed E-state index contributed by atoms with van der Waals surface area (Å²) in [5, 5.41) is 0. The van der Waals surface area contributed by atoms with Gasteiger partial charge in [0.25, 0.3) is 0 Å². The molecule has 0 aromatic carbocycles. The number of pyridine rings is 2. The second kappa shape index (κ2) is 9.53. The number of aromatic nitrogens is 2. The fourth-order valence-corrected chi connectivity index (χ4v) is 3.38. The van der Waals surface area contributed by atoms with Crippen molar-refractivity contribution in [2.45, 2.75) is 31.4 Å². The maximum absolute atomic E-state index is 13.0. The first-order valence-electron chi connectivity index (χ1n) is 9.06. The van der Waals surface area contributed by atoms with Gasteiger partial charge in [0.2, 0.25) is 5.91 Å². The van der Waals surface area contributed by atoms with Crippen molar-refractivity contribution in [3.63, 3.8) is 0 Å². The minimum atomic E-state index is -0.409. The van der Waals surface area contributed by atoms with E-state index in [4.69, 9.17) is 9.47 Å². The molecule has 2 atom stereocenters. The Hall–Kier alpha value is -2.38. The smallest absolute Gasteiger partial charge is 0.228 e. The average Bonchev–Trinajstić information content (AvgIpc) is 3.07. The van der Waals surface area contributed by atoms with Gasteiger partial charge in [-0.25, -0.2) is 4.39 Å². The molecule has 7 heteroatoms. The van der Waals surface area contributed by atoms with Gasteiger partial charge in [0.15, 0.2) is 0 Å². The van der Waals surface area contributed by atoms with Gasteiger partial charge in [-0.05, 0) is 36.6 Å². The van der Waals surface area contributed by atoms with E-state index >= 15 is 0 Å². The van der Waals surface area contributed by atoms with E-state index in [1.807, 2.05) is 23.2 Å². The summed E-state index contributed by atoms with van der Waals surface area (Å²) < 4.78 is 24.1. The summed E-state index contributed by atoms with van der Waals surface area (Å²) in [5.41, 5.74) is 1.62. The number of hydrogen-bond acceptors (Lipinski definition) is 5. The van der Waals surface area contributed by atoms with E-state index in [1.54, 1.807) is 19.4 Å². The highest BCUT2D eigenvalue weighted by molar-refractivity contribution is 5.79. The van der Waals surface area contributed by atoms with Gasteiger partial charge in [0.1, 0.15) is 5.82 Å². The van der Waals surface area contributed by atoms with Crippen LogP contribution >= 0.6 is 0 Å². The standard InChI is InChI=1S/C20H24FN3O3/c1-26-9-10-27-19-6-8-24(18(19)11-15-3-2-7-22-13-15)20(25)12-17-5-4-16(21)14-23-17/h2-5,7,13-14,18-19H,6,8-12H2,1H3/t18-,19-/m0/s1. The fraction of sp³-hybridized carbons (Fsp3) is 0.450. The Balaban J connectivity index is 1.70. The number of rotatable bonds is 8. The molecule has 1 saturated heterocycles. The van der Waals surface area contributed by atoms with Gasteiger partial charge in [-0.2, -0.15) is 0 Å². The highest BCUT2D eigenvalue weighted by atomic mass is 19.1. The average molecular weight is 373 g/mol. The predicted octanol–water partition coefficient (Wildman–Crippen LogP) is 2.03. The quantitative estimate of drug-likeness (QED) is 0.663. The van der Waals surface area contributed by atoms with Crippen LogP contribution < -0.4 is 0 Å². The van der Waals surface area contributed by atoms with Crippen molar-refractivity contribution in [2.75, 3.05) is 26.9 Å². The van der Waals surface area contributed by atoms with Crippen LogP contribution in [-0.4, -0.2) is 59.8 Å². The van der Waals surface area contributed by atoms with E-state index in [1.165, 1.54) is 6.07 Å². The van der Waals surface area contributed by atoms with Gasteiger partial charge >= 0.3 is 0 Å². The number of nitrogens with zero attached hydrogens (tertiary/aromatic N) is 3. The molecule has 3 heterocycles. The lowest BCUT2D eigenvalue weighted by atomic mass is 10.0. The fourth-order valence-electron chi connectivity index (χ4n) is 3.38. The summed E-state index contributed by atoms with van der Waals surface area (Å²) in [6.07, 6.45) is 6.23. The first-order valence-corrected chi connectivity index (χ1v) is 9.06. The van der Waals surface area contributed by atoms with Crippen molar-refractivity contribution in [1.29, 1.82) is 0 Å². The molecule has 1 aliphatic rings. The lowest BCUT2D eigenvalue weighted by Crippen LogP contribution is -2.43. The summed E-state index contributed by atoms with van der Waals surface area (Å²) in [6, 6.07) is 6.69. The first-order chi connectivity index (χ1) is 13.2. The lowest BCUT2D eigenvalue weighted by Gasteiger charge is -2.28. The molecule has 0 aliphatic carbocycles. The SMILES string of the molecule is COCCO[C@H]1CCN(C(=O)Cc2ccc(F)cn2)[C@H]1Cc1cccnc1. The number of carbonyl (C=O) groups is 1. The van der Waals surface area contributed by atoms with E-state index < -0.39 is 5.82 Å². The summed E-state index contributed by atoms with van der Waals surface area (Å²) >= 11 is 0. The third-order valence-electron chi connectivity index (χ3n) is 4.71. The Morgan fingerprint density at radius 1 is 1.30 bits per heavy atom. The van der Waals surface area contributed by atoms with Gasteiger partial charge in [-0.1, -0.05) is 6.07 Å². The number of carbonyl (C=O) groups excluding carboxylic acids is 1. The maximum atomic E-state index is 13.0. The second-order valence-corrected chi connectivity index (χ2v) is 6.56. The van der Waals surface area contributed by atoms with Crippen LogP contribution in [0, 0.1) is 5.82 Å². The molecule has 0 N–H and O–H groups in total. The van der Waals surface area contributed by atoms with Crippen molar-refractivity contribution in [3.05, 3.63) is 59.9 Å². The molecule has 0 saturated carbocycles. The molecular weight excluding hydrogens is 349 g/mol. The Morgan fingerprint density at radius 2 is 2.19 bits per heavy atom.